The summed E-state index contributed by atoms with van der Waals surface area (Å²) < 4.78 is 0. The smallest absolute Gasteiger partial charge is 0.314 e. The lowest BCUT2D eigenvalue weighted by molar-refractivity contribution is -0.384. The van der Waals surface area contributed by atoms with Crippen LogP contribution in [0.2, 0.25) is 0 Å². The van der Waals surface area contributed by atoms with Crippen LogP contribution in [0.25, 0.3) is 0 Å². The molecule has 6 nitrogen and oxygen atoms in total. The first-order valence-corrected chi connectivity index (χ1v) is 6.21. The molecule has 0 amide bonds. The lowest BCUT2D eigenvalue weighted by Gasteiger charge is -2.28. The lowest BCUT2D eigenvalue weighted by atomic mass is 9.93. The summed E-state index contributed by atoms with van der Waals surface area (Å²) >= 11 is 0. The van der Waals surface area contributed by atoms with Gasteiger partial charge in [-0.1, -0.05) is 13.8 Å². The van der Waals surface area contributed by atoms with Crippen LogP contribution in [-0.2, 0) is 0 Å². The molecular weight excluding hydrogens is 244 g/mol. The molecule has 1 aromatic heterocycles. The van der Waals surface area contributed by atoms with Gasteiger partial charge in [0.05, 0.1) is 4.92 Å². The number of anilines is 1. The number of nitro groups is 1. The number of aromatic nitrogens is 1. The SMILES string of the molecule is Cc1ccnc(NCC(C)(C)CN(C)C)c1[N+](=O)[O-]. The number of pyridine rings is 1. The fourth-order valence-corrected chi connectivity index (χ4v) is 2.15. The van der Waals surface area contributed by atoms with Crippen LogP contribution in [0, 0.1) is 22.5 Å². The van der Waals surface area contributed by atoms with E-state index in [2.05, 4.69) is 29.0 Å². The molecule has 0 bridgehead atoms. The molecule has 19 heavy (non-hydrogen) atoms. The van der Waals surface area contributed by atoms with Crippen LogP contribution >= 0.6 is 0 Å². The predicted octanol–water partition coefficient (Wildman–Crippen LogP) is 2.30. The number of nitrogens with zero attached hydrogens (tertiary/aromatic N) is 3. The molecule has 1 aromatic rings. The highest BCUT2D eigenvalue weighted by molar-refractivity contribution is 5.59. The third kappa shape index (κ3) is 4.48. The second-order valence-corrected chi connectivity index (χ2v) is 5.84. The third-order valence-corrected chi connectivity index (χ3v) is 2.79. The maximum Gasteiger partial charge on any atom is 0.314 e. The summed E-state index contributed by atoms with van der Waals surface area (Å²) in [5, 5.41) is 14.2. The Kier molecular flexibility index (Phi) is 4.83. The van der Waals surface area contributed by atoms with Gasteiger partial charge in [-0.05, 0) is 32.5 Å². The summed E-state index contributed by atoms with van der Waals surface area (Å²) in [4.78, 5) is 16.9. The molecule has 0 aliphatic rings. The Hall–Kier alpha value is -1.69. The normalized spacial score (nSPS) is 11.7. The Morgan fingerprint density at radius 3 is 2.63 bits per heavy atom. The molecule has 0 saturated heterocycles. The molecule has 0 radical (unpaired) electrons. The average Bonchev–Trinajstić information content (AvgIpc) is 2.24. The first kappa shape index (κ1) is 15.4. The van der Waals surface area contributed by atoms with Crippen LogP contribution in [-0.4, -0.2) is 42.0 Å². The Morgan fingerprint density at radius 2 is 2.11 bits per heavy atom. The van der Waals surface area contributed by atoms with Crippen molar-refractivity contribution in [3.8, 4) is 0 Å². The molecule has 0 atom stereocenters. The van der Waals surface area contributed by atoms with Crippen molar-refractivity contribution in [1.82, 2.24) is 9.88 Å². The molecule has 1 heterocycles. The van der Waals surface area contributed by atoms with Crippen molar-refractivity contribution in [1.29, 1.82) is 0 Å². The van der Waals surface area contributed by atoms with Gasteiger partial charge >= 0.3 is 5.69 Å². The summed E-state index contributed by atoms with van der Waals surface area (Å²) in [7, 11) is 4.02. The van der Waals surface area contributed by atoms with E-state index in [0.29, 0.717) is 17.9 Å². The highest BCUT2D eigenvalue weighted by Crippen LogP contribution is 2.27. The molecule has 6 heteroatoms. The van der Waals surface area contributed by atoms with Gasteiger partial charge < -0.3 is 10.2 Å². The van der Waals surface area contributed by atoms with Crippen molar-refractivity contribution in [3.05, 3.63) is 27.9 Å². The maximum atomic E-state index is 11.1. The first-order valence-electron chi connectivity index (χ1n) is 6.21. The topological polar surface area (TPSA) is 71.3 Å². The van der Waals surface area contributed by atoms with Crippen LogP contribution < -0.4 is 5.32 Å². The van der Waals surface area contributed by atoms with Gasteiger partial charge in [0.25, 0.3) is 0 Å². The minimum atomic E-state index is -0.385. The van der Waals surface area contributed by atoms with Crippen LogP contribution in [0.15, 0.2) is 12.3 Å². The van der Waals surface area contributed by atoms with E-state index in [4.69, 9.17) is 0 Å². The summed E-state index contributed by atoms with van der Waals surface area (Å²) in [5.74, 6) is 0.344. The van der Waals surface area contributed by atoms with Crippen molar-refractivity contribution in [2.24, 2.45) is 5.41 Å². The van der Waals surface area contributed by atoms with Gasteiger partial charge in [0, 0.05) is 24.8 Å². The van der Waals surface area contributed by atoms with Crippen LogP contribution in [0.1, 0.15) is 19.4 Å². The van der Waals surface area contributed by atoms with Gasteiger partial charge in [0.1, 0.15) is 0 Å². The molecule has 0 aliphatic carbocycles. The number of aryl methyl sites for hydroxylation is 1. The fraction of sp³-hybridized carbons (Fsp3) is 0.615. The average molecular weight is 266 g/mol. The van der Waals surface area contributed by atoms with Crippen molar-refractivity contribution in [3.63, 3.8) is 0 Å². The minimum Gasteiger partial charge on any atom is -0.364 e. The van der Waals surface area contributed by atoms with E-state index < -0.39 is 0 Å². The van der Waals surface area contributed by atoms with Gasteiger partial charge in [-0.15, -0.1) is 0 Å². The molecule has 1 rings (SSSR count). The molecule has 1 N–H and O–H groups in total. The van der Waals surface area contributed by atoms with Gasteiger partial charge in [0.2, 0.25) is 5.82 Å². The van der Waals surface area contributed by atoms with E-state index in [0.717, 1.165) is 6.54 Å². The summed E-state index contributed by atoms with van der Waals surface area (Å²) in [6, 6.07) is 1.65. The number of nitrogens with one attached hydrogen (secondary N) is 1. The summed E-state index contributed by atoms with van der Waals surface area (Å²) in [6.45, 7) is 7.46. The van der Waals surface area contributed by atoms with E-state index in [1.807, 2.05) is 14.1 Å². The van der Waals surface area contributed by atoms with E-state index >= 15 is 0 Å². The van der Waals surface area contributed by atoms with Crippen molar-refractivity contribution in [2.45, 2.75) is 20.8 Å². The zero-order valence-corrected chi connectivity index (χ0v) is 12.2. The predicted molar refractivity (Wildman–Crippen MR) is 76.5 cm³/mol. The quantitative estimate of drug-likeness (QED) is 0.632. The molecule has 0 aromatic carbocycles. The maximum absolute atomic E-state index is 11.1. The van der Waals surface area contributed by atoms with Crippen molar-refractivity contribution >= 4 is 11.5 Å². The number of hydrogen-bond donors (Lipinski definition) is 1. The molecule has 0 unspecified atom stereocenters. The van der Waals surface area contributed by atoms with Gasteiger partial charge in [-0.2, -0.15) is 0 Å². The first-order chi connectivity index (χ1) is 8.73. The zero-order chi connectivity index (χ0) is 14.6. The summed E-state index contributed by atoms with van der Waals surface area (Å²) in [6.07, 6.45) is 1.59. The van der Waals surface area contributed by atoms with Crippen LogP contribution in [0.5, 0.6) is 0 Å². The molecule has 0 spiro atoms. The zero-order valence-electron chi connectivity index (χ0n) is 12.2. The van der Waals surface area contributed by atoms with Crippen LogP contribution in [0.3, 0.4) is 0 Å². The fourth-order valence-electron chi connectivity index (χ4n) is 2.15. The minimum absolute atomic E-state index is 0.00277. The second kappa shape index (κ2) is 5.97. The number of hydrogen-bond acceptors (Lipinski definition) is 5. The third-order valence-electron chi connectivity index (χ3n) is 2.79. The van der Waals surface area contributed by atoms with Gasteiger partial charge in [-0.3, -0.25) is 10.1 Å². The van der Waals surface area contributed by atoms with Gasteiger partial charge in [-0.25, -0.2) is 4.98 Å². The molecule has 0 aliphatic heterocycles. The van der Waals surface area contributed by atoms with E-state index in [-0.39, 0.29) is 16.0 Å². The Labute approximate surface area is 114 Å². The highest BCUT2D eigenvalue weighted by Gasteiger charge is 2.23. The van der Waals surface area contributed by atoms with E-state index in [1.54, 1.807) is 19.2 Å². The standard InChI is InChI=1S/C13H22N4O2/c1-10-6-7-14-12(11(10)17(18)19)15-8-13(2,3)9-16(4)5/h6-7H,8-9H2,1-5H3,(H,14,15). The highest BCUT2D eigenvalue weighted by atomic mass is 16.6. The Bertz CT molecular complexity index is 458. The molecule has 106 valence electrons. The van der Waals surface area contributed by atoms with Crippen molar-refractivity contribution < 1.29 is 4.92 Å². The van der Waals surface area contributed by atoms with Crippen LogP contribution in [0.4, 0.5) is 11.5 Å². The molecular formula is C13H22N4O2. The second-order valence-electron chi connectivity index (χ2n) is 5.84. The van der Waals surface area contributed by atoms with Crippen molar-refractivity contribution in [2.75, 3.05) is 32.5 Å². The monoisotopic (exact) mass is 266 g/mol. The van der Waals surface area contributed by atoms with Gasteiger partial charge in [0.15, 0.2) is 0 Å². The number of rotatable bonds is 6. The van der Waals surface area contributed by atoms with E-state index in [9.17, 15) is 10.1 Å². The molecule has 0 fully saturated rings. The molecule has 0 saturated carbocycles. The lowest BCUT2D eigenvalue weighted by Crippen LogP contribution is -2.34. The van der Waals surface area contributed by atoms with E-state index in [1.165, 1.54) is 0 Å². The Morgan fingerprint density at radius 1 is 1.47 bits per heavy atom. The Balaban J connectivity index is 2.84. The largest absolute Gasteiger partial charge is 0.364 e. The summed E-state index contributed by atoms with van der Waals surface area (Å²) in [5.41, 5.74) is 0.680.